The van der Waals surface area contributed by atoms with Crippen molar-refractivity contribution in [2.45, 2.75) is 4.90 Å². The van der Waals surface area contributed by atoms with Gasteiger partial charge in [-0.1, -0.05) is 15.9 Å². The Kier molecular flexibility index (Phi) is 4.94. The molecule has 0 radical (unpaired) electrons. The van der Waals surface area contributed by atoms with E-state index in [1.165, 1.54) is 4.31 Å². The molecule has 0 saturated carbocycles. The van der Waals surface area contributed by atoms with Crippen molar-refractivity contribution in [2.75, 3.05) is 31.1 Å². The average molecular weight is 449 g/mol. The first-order valence-corrected chi connectivity index (χ1v) is 10.6. The first kappa shape index (κ1) is 18.1. The van der Waals surface area contributed by atoms with Crippen LogP contribution in [0.4, 0.5) is 5.82 Å². The van der Waals surface area contributed by atoms with E-state index < -0.39 is 10.0 Å². The molecule has 2 aromatic heterocycles. The number of hydrogen-bond donors (Lipinski definition) is 0. The molecule has 140 valence electrons. The molecule has 4 rings (SSSR count). The normalized spacial score (nSPS) is 15.8. The second-order valence-electron chi connectivity index (χ2n) is 6.05. The summed E-state index contributed by atoms with van der Waals surface area (Å²) in [4.78, 5) is 2.34. The number of hydrogen-bond acceptors (Lipinski definition) is 6. The number of piperazine rings is 1. The Hall–Kier alpha value is -2.30. The summed E-state index contributed by atoms with van der Waals surface area (Å²) < 4.78 is 29.5. The zero-order valence-corrected chi connectivity index (χ0v) is 16.7. The molecule has 0 unspecified atom stereocenters. The van der Waals surface area contributed by atoms with Gasteiger partial charge in [0.15, 0.2) is 11.6 Å². The zero-order valence-electron chi connectivity index (χ0n) is 14.3. The van der Waals surface area contributed by atoms with Gasteiger partial charge in [-0.2, -0.15) is 9.40 Å². The van der Waals surface area contributed by atoms with Gasteiger partial charge in [0, 0.05) is 43.0 Å². The van der Waals surface area contributed by atoms with Crippen LogP contribution in [0.2, 0.25) is 0 Å². The average Bonchev–Trinajstić information content (AvgIpc) is 3.23. The van der Waals surface area contributed by atoms with E-state index in [9.17, 15) is 8.42 Å². The Morgan fingerprint density at radius 1 is 0.889 bits per heavy atom. The van der Waals surface area contributed by atoms with Gasteiger partial charge in [-0.05, 0) is 42.5 Å². The minimum atomic E-state index is -3.48. The van der Waals surface area contributed by atoms with Crippen molar-refractivity contribution in [3.63, 3.8) is 0 Å². The molecule has 27 heavy (non-hydrogen) atoms. The summed E-state index contributed by atoms with van der Waals surface area (Å²) in [7, 11) is -3.48. The maximum Gasteiger partial charge on any atom is 0.243 e. The van der Waals surface area contributed by atoms with Crippen LogP contribution in [0.3, 0.4) is 0 Å². The van der Waals surface area contributed by atoms with Crippen molar-refractivity contribution < 1.29 is 8.42 Å². The van der Waals surface area contributed by atoms with Crippen molar-refractivity contribution in [2.24, 2.45) is 0 Å². The number of halogens is 1. The summed E-state index contributed by atoms with van der Waals surface area (Å²) in [5.41, 5.74) is 0. The highest BCUT2D eigenvalue weighted by molar-refractivity contribution is 9.10. The molecule has 0 spiro atoms. The van der Waals surface area contributed by atoms with Gasteiger partial charge in [-0.25, -0.2) is 13.1 Å². The summed E-state index contributed by atoms with van der Waals surface area (Å²) in [6.45, 7) is 1.93. The van der Waals surface area contributed by atoms with Gasteiger partial charge >= 0.3 is 0 Å². The van der Waals surface area contributed by atoms with Crippen LogP contribution in [0.1, 0.15) is 0 Å². The molecule has 0 bridgehead atoms. The molecule has 0 amide bonds. The third kappa shape index (κ3) is 3.73. The van der Waals surface area contributed by atoms with Crippen molar-refractivity contribution in [3.05, 3.63) is 59.3 Å². The first-order valence-electron chi connectivity index (χ1n) is 8.38. The summed E-state index contributed by atoms with van der Waals surface area (Å²) in [6, 6.07) is 12.3. The SMILES string of the molecule is O=S(=O)(c1ccc(Br)cc1)N1CCN(c2ccc(-n3cccn3)nn2)CC1. The lowest BCUT2D eigenvalue weighted by atomic mass is 10.3. The molecule has 1 saturated heterocycles. The van der Waals surface area contributed by atoms with Crippen LogP contribution >= 0.6 is 15.9 Å². The lowest BCUT2D eigenvalue weighted by Gasteiger charge is -2.34. The Morgan fingerprint density at radius 2 is 1.56 bits per heavy atom. The quantitative estimate of drug-likeness (QED) is 0.606. The monoisotopic (exact) mass is 448 g/mol. The van der Waals surface area contributed by atoms with Gasteiger partial charge in [0.05, 0.1) is 4.90 Å². The van der Waals surface area contributed by atoms with E-state index in [0.29, 0.717) is 36.9 Å². The smallest absolute Gasteiger partial charge is 0.243 e. The summed E-state index contributed by atoms with van der Waals surface area (Å²) >= 11 is 3.33. The molecule has 1 aliphatic heterocycles. The molecule has 3 heterocycles. The molecule has 8 nitrogen and oxygen atoms in total. The lowest BCUT2D eigenvalue weighted by Crippen LogP contribution is -2.49. The van der Waals surface area contributed by atoms with Crippen molar-refractivity contribution in [1.82, 2.24) is 24.3 Å². The van der Waals surface area contributed by atoms with Gasteiger partial charge in [-0.3, -0.25) is 0 Å². The first-order chi connectivity index (χ1) is 13.0. The van der Waals surface area contributed by atoms with Gasteiger partial charge in [0.25, 0.3) is 0 Å². The number of aromatic nitrogens is 4. The minimum Gasteiger partial charge on any atom is -0.352 e. The highest BCUT2D eigenvalue weighted by Gasteiger charge is 2.29. The molecular weight excluding hydrogens is 432 g/mol. The van der Waals surface area contributed by atoms with Gasteiger partial charge < -0.3 is 4.90 Å². The Bertz CT molecular complexity index is 999. The van der Waals surface area contributed by atoms with Crippen LogP contribution in [0, 0.1) is 0 Å². The number of sulfonamides is 1. The van der Waals surface area contributed by atoms with Crippen LogP contribution in [-0.2, 0) is 10.0 Å². The standard InChI is InChI=1S/C17H17BrN6O2S/c18-14-2-4-15(5-3-14)27(25,26)23-12-10-22(11-13-23)16-6-7-17(21-20-16)24-9-1-8-19-24/h1-9H,10-13H2. The molecule has 0 N–H and O–H groups in total. The molecule has 10 heteroatoms. The maximum atomic E-state index is 12.8. The van der Waals surface area contributed by atoms with Crippen LogP contribution in [0.15, 0.2) is 64.2 Å². The number of nitrogens with zero attached hydrogens (tertiary/aromatic N) is 6. The van der Waals surface area contributed by atoms with E-state index in [1.807, 2.05) is 23.1 Å². The fraction of sp³-hybridized carbons (Fsp3) is 0.235. The van der Waals surface area contributed by atoms with E-state index in [0.717, 1.165) is 10.3 Å². The molecule has 1 aliphatic rings. The van der Waals surface area contributed by atoms with Crippen LogP contribution < -0.4 is 4.90 Å². The van der Waals surface area contributed by atoms with E-state index in [2.05, 4.69) is 31.2 Å². The summed E-state index contributed by atoms with van der Waals surface area (Å²) in [5.74, 6) is 1.37. The van der Waals surface area contributed by atoms with Crippen LogP contribution in [-0.4, -0.2) is 58.9 Å². The van der Waals surface area contributed by atoms with Gasteiger partial charge in [0.1, 0.15) is 0 Å². The molecule has 3 aromatic rings. The van der Waals surface area contributed by atoms with Crippen molar-refractivity contribution in [1.29, 1.82) is 0 Å². The third-order valence-corrected chi connectivity index (χ3v) is 6.83. The predicted molar refractivity (Wildman–Crippen MR) is 104 cm³/mol. The van der Waals surface area contributed by atoms with Crippen LogP contribution in [0.25, 0.3) is 5.82 Å². The summed E-state index contributed by atoms with van der Waals surface area (Å²) in [6.07, 6.45) is 3.48. The molecule has 0 atom stereocenters. The van der Waals surface area contributed by atoms with E-state index in [-0.39, 0.29) is 0 Å². The topological polar surface area (TPSA) is 84.2 Å². The van der Waals surface area contributed by atoms with Gasteiger partial charge in [0.2, 0.25) is 10.0 Å². The predicted octanol–water partition coefficient (Wildman–Crippen LogP) is 1.94. The Balaban J connectivity index is 1.43. The molecule has 1 aromatic carbocycles. The number of anilines is 1. The maximum absolute atomic E-state index is 12.8. The second kappa shape index (κ2) is 7.37. The second-order valence-corrected chi connectivity index (χ2v) is 8.90. The molecule has 1 fully saturated rings. The van der Waals surface area contributed by atoms with Crippen molar-refractivity contribution in [3.8, 4) is 5.82 Å². The minimum absolute atomic E-state index is 0.308. The van der Waals surface area contributed by atoms with E-state index in [4.69, 9.17) is 0 Å². The highest BCUT2D eigenvalue weighted by Crippen LogP contribution is 2.21. The zero-order chi connectivity index (χ0) is 18.9. The Labute approximate surface area is 165 Å². The largest absolute Gasteiger partial charge is 0.352 e. The lowest BCUT2D eigenvalue weighted by molar-refractivity contribution is 0.383. The molecular formula is C17H17BrN6O2S. The Morgan fingerprint density at radius 3 is 2.15 bits per heavy atom. The van der Waals surface area contributed by atoms with Crippen LogP contribution in [0.5, 0.6) is 0 Å². The fourth-order valence-electron chi connectivity index (χ4n) is 2.93. The molecule has 0 aliphatic carbocycles. The van der Waals surface area contributed by atoms with Crippen molar-refractivity contribution >= 4 is 31.8 Å². The van der Waals surface area contributed by atoms with E-state index in [1.54, 1.807) is 41.3 Å². The highest BCUT2D eigenvalue weighted by atomic mass is 79.9. The van der Waals surface area contributed by atoms with Gasteiger partial charge in [-0.15, -0.1) is 10.2 Å². The summed E-state index contributed by atoms with van der Waals surface area (Å²) in [5, 5.41) is 12.6. The fourth-order valence-corrected chi connectivity index (χ4v) is 4.61. The number of rotatable bonds is 4. The number of benzene rings is 1. The third-order valence-electron chi connectivity index (χ3n) is 4.39. The van der Waals surface area contributed by atoms with E-state index >= 15 is 0 Å².